The Labute approximate surface area is 148 Å². The van der Waals surface area contributed by atoms with Gasteiger partial charge in [-0.05, 0) is 30.5 Å². The number of rotatable bonds is 4. The van der Waals surface area contributed by atoms with Gasteiger partial charge in [-0.2, -0.15) is 0 Å². The molecule has 1 N–H and O–H groups in total. The molecule has 0 saturated heterocycles. The highest BCUT2D eigenvalue weighted by Crippen LogP contribution is 2.36. The van der Waals surface area contributed by atoms with Crippen molar-refractivity contribution in [3.05, 3.63) is 46.3 Å². The standard InChI is InChI=1S/C18H16N2O4S/c1-2-20-17(21)15(14-4-3-9-25-14)16(18(20)22)19-11-5-6-12-13(10-11)24-8-7-23-12/h3-6,9-10,19H,2,7-8H2,1H3. The van der Waals surface area contributed by atoms with Crippen LogP contribution in [0.25, 0.3) is 5.57 Å². The summed E-state index contributed by atoms with van der Waals surface area (Å²) >= 11 is 1.43. The van der Waals surface area contributed by atoms with Crippen molar-refractivity contribution in [2.75, 3.05) is 25.1 Å². The predicted molar refractivity (Wildman–Crippen MR) is 94.7 cm³/mol. The van der Waals surface area contributed by atoms with Crippen LogP contribution in [-0.4, -0.2) is 36.5 Å². The number of likely N-dealkylation sites (N-methyl/N-ethyl adjacent to an activating group) is 1. The highest BCUT2D eigenvalue weighted by Gasteiger charge is 2.38. The number of benzene rings is 1. The molecule has 0 bridgehead atoms. The summed E-state index contributed by atoms with van der Waals surface area (Å²) in [6.45, 7) is 3.13. The van der Waals surface area contributed by atoms with Gasteiger partial charge in [0.2, 0.25) is 0 Å². The zero-order chi connectivity index (χ0) is 17.4. The lowest BCUT2D eigenvalue weighted by molar-refractivity contribution is -0.136. The molecule has 7 heteroatoms. The van der Waals surface area contributed by atoms with Crippen molar-refractivity contribution in [3.63, 3.8) is 0 Å². The van der Waals surface area contributed by atoms with Gasteiger partial charge in [0, 0.05) is 23.2 Å². The summed E-state index contributed by atoms with van der Waals surface area (Å²) < 4.78 is 11.1. The van der Waals surface area contributed by atoms with Crippen LogP contribution in [0, 0.1) is 0 Å². The molecule has 3 heterocycles. The first kappa shape index (κ1) is 15.7. The van der Waals surface area contributed by atoms with Crippen LogP contribution in [0.2, 0.25) is 0 Å². The van der Waals surface area contributed by atoms with Gasteiger partial charge >= 0.3 is 0 Å². The average Bonchev–Trinajstić information content (AvgIpc) is 3.22. The van der Waals surface area contributed by atoms with Gasteiger partial charge in [-0.3, -0.25) is 14.5 Å². The van der Waals surface area contributed by atoms with E-state index in [0.29, 0.717) is 48.2 Å². The van der Waals surface area contributed by atoms with Crippen LogP contribution < -0.4 is 14.8 Å². The molecule has 2 aliphatic rings. The van der Waals surface area contributed by atoms with E-state index in [9.17, 15) is 9.59 Å². The number of thiophene rings is 1. The summed E-state index contributed by atoms with van der Waals surface area (Å²) in [5, 5.41) is 5.00. The molecular formula is C18H16N2O4S. The lowest BCUT2D eigenvalue weighted by atomic mass is 10.1. The lowest BCUT2D eigenvalue weighted by Gasteiger charge is -2.19. The highest BCUT2D eigenvalue weighted by atomic mass is 32.1. The topological polar surface area (TPSA) is 67.9 Å². The normalized spacial score (nSPS) is 16.6. The first-order valence-electron chi connectivity index (χ1n) is 8.00. The van der Waals surface area contributed by atoms with Crippen LogP contribution in [0.1, 0.15) is 11.8 Å². The van der Waals surface area contributed by atoms with E-state index >= 15 is 0 Å². The number of fused-ring (bicyclic) bond motifs is 1. The van der Waals surface area contributed by atoms with E-state index in [1.165, 1.54) is 16.2 Å². The molecule has 0 fully saturated rings. The number of anilines is 1. The molecule has 1 aromatic heterocycles. The van der Waals surface area contributed by atoms with E-state index in [0.717, 1.165) is 4.88 Å². The second-order valence-corrected chi connectivity index (χ2v) is 6.51. The summed E-state index contributed by atoms with van der Waals surface area (Å²) in [5.74, 6) is 0.715. The molecular weight excluding hydrogens is 340 g/mol. The molecule has 2 aliphatic heterocycles. The smallest absolute Gasteiger partial charge is 0.278 e. The molecule has 0 atom stereocenters. The lowest BCUT2D eigenvalue weighted by Crippen LogP contribution is -2.32. The molecule has 0 spiro atoms. The Balaban J connectivity index is 1.73. The van der Waals surface area contributed by atoms with Crippen molar-refractivity contribution in [3.8, 4) is 11.5 Å². The van der Waals surface area contributed by atoms with E-state index in [-0.39, 0.29) is 11.8 Å². The zero-order valence-electron chi connectivity index (χ0n) is 13.6. The van der Waals surface area contributed by atoms with Gasteiger partial charge in [-0.25, -0.2) is 0 Å². The number of amides is 2. The van der Waals surface area contributed by atoms with Gasteiger partial charge in [0.25, 0.3) is 11.8 Å². The fraction of sp³-hybridized carbons (Fsp3) is 0.222. The summed E-state index contributed by atoms with van der Waals surface area (Å²) in [4.78, 5) is 27.3. The molecule has 4 rings (SSSR count). The van der Waals surface area contributed by atoms with Crippen LogP contribution in [0.3, 0.4) is 0 Å². The number of carbonyl (C=O) groups is 2. The van der Waals surface area contributed by atoms with E-state index in [1.54, 1.807) is 25.1 Å². The van der Waals surface area contributed by atoms with Gasteiger partial charge < -0.3 is 14.8 Å². The number of imide groups is 1. The van der Waals surface area contributed by atoms with E-state index < -0.39 is 0 Å². The Kier molecular flexibility index (Phi) is 3.93. The molecule has 6 nitrogen and oxygen atoms in total. The highest BCUT2D eigenvalue weighted by molar-refractivity contribution is 7.11. The van der Waals surface area contributed by atoms with Crippen molar-refractivity contribution < 1.29 is 19.1 Å². The van der Waals surface area contributed by atoms with Crippen molar-refractivity contribution in [2.24, 2.45) is 0 Å². The number of hydrogen-bond donors (Lipinski definition) is 1. The minimum Gasteiger partial charge on any atom is -0.486 e. The Morgan fingerprint density at radius 3 is 2.64 bits per heavy atom. The number of hydrogen-bond acceptors (Lipinski definition) is 6. The summed E-state index contributed by atoms with van der Waals surface area (Å²) in [6.07, 6.45) is 0. The second kappa shape index (κ2) is 6.25. The van der Waals surface area contributed by atoms with Crippen molar-refractivity contribution >= 4 is 34.4 Å². The quantitative estimate of drug-likeness (QED) is 0.853. The summed E-state index contributed by atoms with van der Waals surface area (Å²) in [6, 6.07) is 9.08. The van der Waals surface area contributed by atoms with E-state index in [2.05, 4.69) is 5.32 Å². The van der Waals surface area contributed by atoms with Crippen LogP contribution >= 0.6 is 11.3 Å². The predicted octanol–water partition coefficient (Wildman–Crippen LogP) is 2.73. The summed E-state index contributed by atoms with van der Waals surface area (Å²) in [5.41, 5.74) is 1.38. The maximum atomic E-state index is 12.7. The molecule has 0 radical (unpaired) electrons. The molecule has 2 aromatic rings. The van der Waals surface area contributed by atoms with Crippen molar-refractivity contribution in [1.82, 2.24) is 4.90 Å². The zero-order valence-corrected chi connectivity index (χ0v) is 14.4. The molecule has 0 saturated carbocycles. The van der Waals surface area contributed by atoms with Gasteiger partial charge in [-0.1, -0.05) is 6.07 Å². The third-order valence-electron chi connectivity index (χ3n) is 4.06. The van der Waals surface area contributed by atoms with Gasteiger partial charge in [0.1, 0.15) is 18.9 Å². The Hall–Kier alpha value is -2.80. The maximum Gasteiger partial charge on any atom is 0.278 e. The molecule has 2 amide bonds. The first-order chi connectivity index (χ1) is 12.2. The van der Waals surface area contributed by atoms with Crippen molar-refractivity contribution in [1.29, 1.82) is 0 Å². The molecule has 1 aromatic carbocycles. The third kappa shape index (κ3) is 2.66. The minimum absolute atomic E-state index is 0.269. The minimum atomic E-state index is -0.314. The molecule has 0 unspecified atom stereocenters. The SMILES string of the molecule is CCN1C(=O)C(Nc2ccc3c(c2)OCCO3)=C(c2cccs2)C1=O. The number of carbonyl (C=O) groups excluding carboxylic acids is 2. The van der Waals surface area contributed by atoms with E-state index in [1.807, 2.05) is 17.5 Å². The first-order valence-corrected chi connectivity index (χ1v) is 8.88. The van der Waals surface area contributed by atoms with Crippen LogP contribution in [0.5, 0.6) is 11.5 Å². The summed E-state index contributed by atoms with van der Waals surface area (Å²) in [7, 11) is 0. The third-order valence-corrected chi connectivity index (χ3v) is 4.95. The van der Waals surface area contributed by atoms with Gasteiger partial charge in [-0.15, -0.1) is 11.3 Å². The molecule has 25 heavy (non-hydrogen) atoms. The van der Waals surface area contributed by atoms with Crippen LogP contribution in [0.4, 0.5) is 5.69 Å². The second-order valence-electron chi connectivity index (χ2n) is 5.57. The number of nitrogens with zero attached hydrogens (tertiary/aromatic N) is 1. The Morgan fingerprint density at radius 1 is 1.12 bits per heavy atom. The fourth-order valence-corrected chi connectivity index (χ4v) is 3.66. The van der Waals surface area contributed by atoms with Gasteiger partial charge in [0.05, 0.1) is 5.57 Å². The average molecular weight is 356 g/mol. The molecule has 128 valence electrons. The van der Waals surface area contributed by atoms with Crippen LogP contribution in [0.15, 0.2) is 41.4 Å². The fourth-order valence-electron chi connectivity index (χ4n) is 2.89. The Morgan fingerprint density at radius 2 is 1.92 bits per heavy atom. The Bertz CT molecular complexity index is 873. The van der Waals surface area contributed by atoms with Gasteiger partial charge in [0.15, 0.2) is 11.5 Å². The number of ether oxygens (including phenoxy) is 2. The van der Waals surface area contributed by atoms with E-state index in [4.69, 9.17) is 9.47 Å². The van der Waals surface area contributed by atoms with Crippen LogP contribution in [-0.2, 0) is 9.59 Å². The largest absolute Gasteiger partial charge is 0.486 e. The maximum absolute atomic E-state index is 12.7. The molecule has 0 aliphatic carbocycles. The monoisotopic (exact) mass is 356 g/mol. The van der Waals surface area contributed by atoms with Crippen molar-refractivity contribution in [2.45, 2.75) is 6.92 Å². The number of nitrogens with one attached hydrogen (secondary N) is 1.